The predicted molar refractivity (Wildman–Crippen MR) is 115 cm³/mol. The van der Waals surface area contributed by atoms with Crippen molar-refractivity contribution in [2.75, 3.05) is 69.2 Å². The number of hydrogen-bond donors (Lipinski definition) is 1. The van der Waals surface area contributed by atoms with Gasteiger partial charge in [0, 0.05) is 70.4 Å². The van der Waals surface area contributed by atoms with Crippen LogP contribution in [-0.2, 0) is 0 Å². The minimum atomic E-state index is 0.857. The molecular formula is C21H34N6. The SMILES string of the molecule is CC.CN1CCN(c2ncccn2)CC1.c1ccc(N2CCNCC2)cc1. The third-order valence-corrected chi connectivity index (χ3v) is 4.58. The molecule has 0 aliphatic carbocycles. The van der Waals surface area contributed by atoms with Crippen LogP contribution < -0.4 is 15.1 Å². The van der Waals surface area contributed by atoms with Gasteiger partial charge in [0.25, 0.3) is 0 Å². The number of para-hydroxylation sites is 1. The number of anilines is 2. The van der Waals surface area contributed by atoms with Crippen LogP contribution in [0.1, 0.15) is 13.8 Å². The quantitative estimate of drug-likeness (QED) is 0.876. The van der Waals surface area contributed by atoms with E-state index in [9.17, 15) is 0 Å². The summed E-state index contributed by atoms with van der Waals surface area (Å²) < 4.78 is 0. The number of piperazine rings is 2. The minimum Gasteiger partial charge on any atom is -0.369 e. The van der Waals surface area contributed by atoms with Crippen LogP contribution in [0, 0.1) is 0 Å². The second-order valence-corrected chi connectivity index (χ2v) is 6.41. The molecule has 0 unspecified atom stereocenters. The Kier molecular flexibility index (Phi) is 9.58. The monoisotopic (exact) mass is 370 g/mol. The van der Waals surface area contributed by atoms with Crippen molar-refractivity contribution in [1.82, 2.24) is 20.2 Å². The van der Waals surface area contributed by atoms with Gasteiger partial charge in [-0.3, -0.25) is 0 Å². The molecule has 27 heavy (non-hydrogen) atoms. The third-order valence-electron chi connectivity index (χ3n) is 4.58. The smallest absolute Gasteiger partial charge is 0.225 e. The molecule has 3 heterocycles. The number of rotatable bonds is 2. The highest BCUT2D eigenvalue weighted by atomic mass is 15.3. The first-order valence-corrected chi connectivity index (χ1v) is 10.0. The summed E-state index contributed by atoms with van der Waals surface area (Å²) >= 11 is 0. The summed E-state index contributed by atoms with van der Waals surface area (Å²) in [5, 5.41) is 3.34. The Bertz CT molecular complexity index is 593. The van der Waals surface area contributed by atoms with Crippen LogP contribution in [-0.4, -0.2) is 74.3 Å². The van der Waals surface area contributed by atoms with Crippen molar-refractivity contribution < 1.29 is 0 Å². The zero-order valence-electron chi connectivity index (χ0n) is 17.0. The number of benzene rings is 1. The lowest BCUT2D eigenvalue weighted by molar-refractivity contribution is 0.311. The molecule has 2 aliphatic heterocycles. The standard InChI is InChI=1S/C10H14N2.C9H14N4.C2H6/c1-2-4-10(5-3-1)12-8-6-11-7-9-12;1-12-5-7-13(8-6-12)9-10-3-2-4-11-9;1-2/h1-5,11H,6-9H2;2-4H,5-8H2,1H3;1-2H3. The van der Waals surface area contributed by atoms with Crippen molar-refractivity contribution in [3.8, 4) is 0 Å². The number of nitrogens with one attached hydrogen (secondary N) is 1. The molecule has 0 amide bonds. The van der Waals surface area contributed by atoms with E-state index in [0.29, 0.717) is 0 Å². The Balaban J connectivity index is 0.000000178. The molecule has 4 rings (SSSR count). The molecule has 0 radical (unpaired) electrons. The average molecular weight is 371 g/mol. The molecule has 2 fully saturated rings. The zero-order chi connectivity index (χ0) is 19.3. The van der Waals surface area contributed by atoms with Crippen molar-refractivity contribution >= 4 is 11.6 Å². The average Bonchev–Trinajstić information content (AvgIpc) is 2.78. The Hall–Kier alpha value is -2.18. The predicted octanol–water partition coefficient (Wildman–Crippen LogP) is 2.35. The van der Waals surface area contributed by atoms with E-state index in [1.54, 1.807) is 12.4 Å². The van der Waals surface area contributed by atoms with Gasteiger partial charge in [-0.15, -0.1) is 0 Å². The van der Waals surface area contributed by atoms with Crippen LogP contribution >= 0.6 is 0 Å². The van der Waals surface area contributed by atoms with Gasteiger partial charge in [0.05, 0.1) is 0 Å². The summed E-state index contributed by atoms with van der Waals surface area (Å²) in [6, 6.07) is 12.4. The molecule has 0 bridgehead atoms. The lowest BCUT2D eigenvalue weighted by Gasteiger charge is -2.32. The summed E-state index contributed by atoms with van der Waals surface area (Å²) in [6.07, 6.45) is 3.58. The van der Waals surface area contributed by atoms with E-state index in [1.165, 1.54) is 5.69 Å². The van der Waals surface area contributed by atoms with Gasteiger partial charge in [-0.1, -0.05) is 32.0 Å². The van der Waals surface area contributed by atoms with Crippen LogP contribution in [0.4, 0.5) is 11.6 Å². The molecule has 0 atom stereocenters. The summed E-state index contributed by atoms with van der Waals surface area (Å²) in [5.41, 5.74) is 1.35. The first kappa shape index (κ1) is 21.1. The maximum Gasteiger partial charge on any atom is 0.225 e. The third kappa shape index (κ3) is 7.15. The van der Waals surface area contributed by atoms with E-state index in [4.69, 9.17) is 0 Å². The van der Waals surface area contributed by atoms with E-state index in [2.05, 4.69) is 67.4 Å². The summed E-state index contributed by atoms with van der Waals surface area (Å²) in [6.45, 7) is 12.7. The molecule has 1 aromatic carbocycles. The Morgan fingerprint density at radius 3 is 1.93 bits per heavy atom. The molecule has 6 nitrogen and oxygen atoms in total. The zero-order valence-corrected chi connectivity index (χ0v) is 17.0. The van der Waals surface area contributed by atoms with Crippen LogP contribution in [0.2, 0.25) is 0 Å². The van der Waals surface area contributed by atoms with Crippen molar-refractivity contribution in [3.05, 3.63) is 48.8 Å². The van der Waals surface area contributed by atoms with Crippen molar-refractivity contribution in [2.24, 2.45) is 0 Å². The topological polar surface area (TPSA) is 47.5 Å². The Morgan fingerprint density at radius 2 is 1.33 bits per heavy atom. The summed E-state index contributed by atoms with van der Waals surface area (Å²) in [4.78, 5) is 15.4. The molecule has 6 heteroatoms. The molecule has 2 aliphatic rings. The van der Waals surface area contributed by atoms with Crippen LogP contribution in [0.3, 0.4) is 0 Å². The molecule has 0 saturated carbocycles. The van der Waals surface area contributed by atoms with Crippen LogP contribution in [0.15, 0.2) is 48.8 Å². The molecule has 148 valence electrons. The molecule has 2 saturated heterocycles. The van der Waals surface area contributed by atoms with E-state index in [1.807, 2.05) is 19.9 Å². The molecule has 1 aromatic heterocycles. The Labute approximate surface area is 164 Å². The number of aromatic nitrogens is 2. The van der Waals surface area contributed by atoms with E-state index >= 15 is 0 Å². The molecular weight excluding hydrogens is 336 g/mol. The normalized spacial score (nSPS) is 17.3. The van der Waals surface area contributed by atoms with E-state index in [0.717, 1.165) is 58.3 Å². The van der Waals surface area contributed by atoms with Gasteiger partial charge in [-0.25, -0.2) is 9.97 Å². The lowest BCUT2D eigenvalue weighted by Crippen LogP contribution is -2.45. The van der Waals surface area contributed by atoms with Gasteiger partial charge >= 0.3 is 0 Å². The summed E-state index contributed by atoms with van der Waals surface area (Å²) in [5.74, 6) is 0.857. The van der Waals surface area contributed by atoms with Crippen molar-refractivity contribution in [2.45, 2.75) is 13.8 Å². The van der Waals surface area contributed by atoms with Gasteiger partial charge in [0.1, 0.15) is 0 Å². The molecule has 1 N–H and O–H groups in total. The van der Waals surface area contributed by atoms with E-state index in [-0.39, 0.29) is 0 Å². The highest BCUT2D eigenvalue weighted by molar-refractivity contribution is 5.46. The van der Waals surface area contributed by atoms with E-state index < -0.39 is 0 Å². The molecule has 0 spiro atoms. The Morgan fingerprint density at radius 1 is 0.741 bits per heavy atom. The highest BCUT2D eigenvalue weighted by Crippen LogP contribution is 2.12. The van der Waals surface area contributed by atoms with Gasteiger partial charge < -0.3 is 20.0 Å². The van der Waals surface area contributed by atoms with Gasteiger partial charge in [0.2, 0.25) is 5.95 Å². The first-order chi connectivity index (χ1) is 13.3. The maximum atomic E-state index is 4.22. The maximum absolute atomic E-state index is 4.22. The molecule has 2 aromatic rings. The highest BCUT2D eigenvalue weighted by Gasteiger charge is 2.15. The van der Waals surface area contributed by atoms with Crippen LogP contribution in [0.25, 0.3) is 0 Å². The van der Waals surface area contributed by atoms with Gasteiger partial charge in [-0.2, -0.15) is 0 Å². The van der Waals surface area contributed by atoms with Crippen LogP contribution in [0.5, 0.6) is 0 Å². The lowest BCUT2D eigenvalue weighted by atomic mass is 10.2. The first-order valence-electron chi connectivity index (χ1n) is 10.0. The number of nitrogens with zero attached hydrogens (tertiary/aromatic N) is 5. The second-order valence-electron chi connectivity index (χ2n) is 6.41. The number of hydrogen-bond acceptors (Lipinski definition) is 6. The second kappa shape index (κ2) is 12.3. The van der Waals surface area contributed by atoms with Crippen molar-refractivity contribution in [3.63, 3.8) is 0 Å². The van der Waals surface area contributed by atoms with Gasteiger partial charge in [0.15, 0.2) is 0 Å². The fourth-order valence-electron chi connectivity index (χ4n) is 3.02. The number of likely N-dealkylation sites (N-methyl/N-ethyl adjacent to an activating group) is 1. The minimum absolute atomic E-state index is 0.857. The summed E-state index contributed by atoms with van der Waals surface area (Å²) in [7, 11) is 2.14. The fraction of sp³-hybridized carbons (Fsp3) is 0.524. The fourth-order valence-corrected chi connectivity index (χ4v) is 3.02. The van der Waals surface area contributed by atoms with Crippen molar-refractivity contribution in [1.29, 1.82) is 0 Å². The largest absolute Gasteiger partial charge is 0.369 e. The van der Waals surface area contributed by atoms with Gasteiger partial charge in [-0.05, 0) is 25.2 Å².